The predicted molar refractivity (Wildman–Crippen MR) is 122 cm³/mol. The van der Waals surface area contributed by atoms with Crippen LogP contribution in [0.1, 0.15) is 17.6 Å². The zero-order chi connectivity index (χ0) is 26.1. The van der Waals surface area contributed by atoms with E-state index in [1.165, 1.54) is 48.1 Å². The first kappa shape index (κ1) is 25.4. The van der Waals surface area contributed by atoms with Crippen LogP contribution in [0.25, 0.3) is 22.6 Å². The van der Waals surface area contributed by atoms with Crippen LogP contribution in [-0.2, 0) is 20.2 Å². The molecule has 3 heterocycles. The molecule has 0 aliphatic heterocycles. The van der Waals surface area contributed by atoms with Crippen LogP contribution >= 0.6 is 11.6 Å². The van der Waals surface area contributed by atoms with Crippen molar-refractivity contribution < 1.29 is 27.4 Å². The number of nitrogens with one attached hydrogen (secondary N) is 1. The molecule has 0 amide bonds. The highest BCUT2D eigenvalue weighted by molar-refractivity contribution is 6.32. The molecule has 1 unspecified atom stereocenters. The van der Waals surface area contributed by atoms with E-state index >= 15 is 0 Å². The van der Waals surface area contributed by atoms with Gasteiger partial charge in [0, 0.05) is 24.4 Å². The molecule has 4 rings (SSSR count). The Morgan fingerprint density at radius 3 is 2.47 bits per heavy atom. The van der Waals surface area contributed by atoms with E-state index in [1.807, 2.05) is 4.98 Å². The number of aryl methyl sites for hydroxylation is 1. The molecule has 14 heteroatoms. The number of halogens is 5. The number of pyridine rings is 1. The van der Waals surface area contributed by atoms with Gasteiger partial charge in [-0.2, -0.15) is 0 Å². The number of alkyl halides is 4. The number of ether oxygens (including phenoxy) is 1. The second kappa shape index (κ2) is 10.1. The highest BCUT2D eigenvalue weighted by atomic mass is 35.5. The first-order valence-electron chi connectivity index (χ1n) is 10.4. The molecule has 0 aliphatic rings. The van der Waals surface area contributed by atoms with Crippen molar-refractivity contribution in [1.29, 1.82) is 0 Å². The molecule has 9 nitrogen and oxygen atoms in total. The molecule has 1 aromatic carbocycles. The topological polar surface area (TPSA) is 115 Å². The molecular formula is C22H18ClF4N5O4. The van der Waals surface area contributed by atoms with Crippen molar-refractivity contribution in [3.63, 3.8) is 0 Å². The van der Waals surface area contributed by atoms with Gasteiger partial charge in [-0.05, 0) is 11.6 Å². The zero-order valence-corrected chi connectivity index (χ0v) is 19.2. The van der Waals surface area contributed by atoms with Crippen molar-refractivity contribution in [2.45, 2.75) is 32.1 Å². The van der Waals surface area contributed by atoms with Crippen LogP contribution in [-0.4, -0.2) is 41.7 Å². The summed E-state index contributed by atoms with van der Waals surface area (Å²) in [6.45, 7) is -0.777. The highest BCUT2D eigenvalue weighted by Crippen LogP contribution is 2.29. The molecule has 0 fully saturated rings. The van der Waals surface area contributed by atoms with E-state index in [9.17, 15) is 32.3 Å². The number of aliphatic hydroxyl groups excluding tert-OH is 1. The minimum absolute atomic E-state index is 0.00991. The Morgan fingerprint density at radius 1 is 1.17 bits per heavy atom. The molecule has 0 radical (unpaired) electrons. The summed E-state index contributed by atoms with van der Waals surface area (Å²) < 4.78 is 58.7. The van der Waals surface area contributed by atoms with Gasteiger partial charge < -0.3 is 14.4 Å². The fraction of sp³-hybridized carbons (Fsp3) is 0.273. The minimum atomic E-state index is -3.11. The van der Waals surface area contributed by atoms with Crippen molar-refractivity contribution in [2.75, 3.05) is 0 Å². The smallest absolute Gasteiger partial charge is 0.330 e. The third-order valence-corrected chi connectivity index (χ3v) is 5.62. The quantitative estimate of drug-likeness (QED) is 0.340. The second-order valence-corrected chi connectivity index (χ2v) is 8.19. The van der Waals surface area contributed by atoms with Gasteiger partial charge >= 0.3 is 5.69 Å². The van der Waals surface area contributed by atoms with Crippen LogP contribution in [0.3, 0.4) is 0 Å². The molecule has 0 spiro atoms. The van der Waals surface area contributed by atoms with Gasteiger partial charge in [0.2, 0.25) is 5.88 Å². The highest BCUT2D eigenvalue weighted by Gasteiger charge is 2.23. The number of aliphatic hydroxyl groups is 1. The first-order valence-corrected chi connectivity index (χ1v) is 10.8. The van der Waals surface area contributed by atoms with E-state index in [0.717, 1.165) is 4.57 Å². The van der Waals surface area contributed by atoms with Crippen molar-refractivity contribution in [2.24, 2.45) is 7.05 Å². The summed E-state index contributed by atoms with van der Waals surface area (Å²) in [5.41, 5.74) is -1.27. The van der Waals surface area contributed by atoms with E-state index in [1.54, 1.807) is 0 Å². The monoisotopic (exact) mass is 527 g/mol. The Bertz CT molecular complexity index is 1520. The standard InChI is InChI=1S/C22H18ClF4N5O4/c1-31-15-19(32(8-14(33)17(26)27)22(35)30-20(15)34)29-18(31)12-6-13(23)21(28-7-12)36-9-10-2-4-11(5-3-10)16(24)25/h2-7,14,16-17,33H,8-9H2,1H3,(H,30,34,35). The van der Waals surface area contributed by atoms with Crippen LogP contribution in [0.2, 0.25) is 5.02 Å². The molecule has 0 saturated heterocycles. The molecule has 1 atom stereocenters. The Kier molecular flexibility index (Phi) is 7.13. The number of hydrogen-bond acceptors (Lipinski definition) is 6. The molecular weight excluding hydrogens is 510 g/mol. The largest absolute Gasteiger partial charge is 0.472 e. The lowest BCUT2D eigenvalue weighted by molar-refractivity contribution is -0.0136. The third kappa shape index (κ3) is 4.97. The minimum Gasteiger partial charge on any atom is -0.472 e. The average Bonchev–Trinajstić information content (AvgIpc) is 3.18. The van der Waals surface area contributed by atoms with Gasteiger partial charge in [-0.1, -0.05) is 35.9 Å². The summed E-state index contributed by atoms with van der Waals surface area (Å²) in [4.78, 5) is 35.0. The van der Waals surface area contributed by atoms with Gasteiger partial charge in [-0.25, -0.2) is 32.3 Å². The van der Waals surface area contributed by atoms with Gasteiger partial charge in [0.25, 0.3) is 18.4 Å². The fourth-order valence-electron chi connectivity index (χ4n) is 3.51. The van der Waals surface area contributed by atoms with Crippen LogP contribution in [0.5, 0.6) is 5.88 Å². The van der Waals surface area contributed by atoms with Crippen molar-refractivity contribution in [3.05, 3.63) is 73.5 Å². The molecule has 3 aromatic heterocycles. The Hall–Kier alpha value is -3.71. The maximum atomic E-state index is 12.8. The maximum Gasteiger partial charge on any atom is 0.330 e. The SMILES string of the molecule is Cn1c(-c2cnc(OCc3ccc(C(F)F)cc3)c(Cl)c2)nc2c1c(=O)[nH]c(=O)n2CC(O)C(F)F. The van der Waals surface area contributed by atoms with Crippen molar-refractivity contribution in [3.8, 4) is 17.3 Å². The maximum absolute atomic E-state index is 12.8. The normalized spacial score (nSPS) is 12.6. The Labute approximate surface area is 204 Å². The van der Waals surface area contributed by atoms with E-state index in [0.29, 0.717) is 11.1 Å². The number of benzene rings is 1. The van der Waals surface area contributed by atoms with E-state index in [2.05, 4.69) is 9.97 Å². The first-order chi connectivity index (χ1) is 17.1. The molecule has 2 N–H and O–H groups in total. The number of fused-ring (bicyclic) bond motifs is 1. The summed E-state index contributed by atoms with van der Waals surface area (Å²) >= 11 is 6.29. The number of rotatable bonds is 8. The number of imidazole rings is 1. The van der Waals surface area contributed by atoms with E-state index in [4.69, 9.17) is 16.3 Å². The molecule has 190 valence electrons. The molecule has 0 saturated carbocycles. The summed E-state index contributed by atoms with van der Waals surface area (Å²) in [5, 5.41) is 9.63. The van der Waals surface area contributed by atoms with Gasteiger partial charge in [0.1, 0.15) is 23.6 Å². The lowest BCUT2D eigenvalue weighted by atomic mass is 10.1. The van der Waals surface area contributed by atoms with Crippen molar-refractivity contribution >= 4 is 22.8 Å². The molecule has 0 aliphatic carbocycles. The van der Waals surface area contributed by atoms with E-state index < -0.39 is 36.7 Å². The van der Waals surface area contributed by atoms with Crippen LogP contribution < -0.4 is 16.0 Å². The number of H-pyrrole nitrogens is 1. The zero-order valence-electron chi connectivity index (χ0n) is 18.5. The van der Waals surface area contributed by atoms with E-state index in [-0.39, 0.29) is 40.1 Å². The van der Waals surface area contributed by atoms with Gasteiger partial charge in [-0.3, -0.25) is 14.3 Å². The van der Waals surface area contributed by atoms with Crippen LogP contribution in [0.4, 0.5) is 17.6 Å². The lowest BCUT2D eigenvalue weighted by Crippen LogP contribution is -2.36. The van der Waals surface area contributed by atoms with Crippen LogP contribution in [0, 0.1) is 0 Å². The Balaban J connectivity index is 1.64. The fourth-order valence-corrected chi connectivity index (χ4v) is 3.73. The van der Waals surface area contributed by atoms with Gasteiger partial charge in [0.05, 0.1) is 6.54 Å². The lowest BCUT2D eigenvalue weighted by Gasteiger charge is -2.11. The summed E-state index contributed by atoms with van der Waals surface area (Å²) in [6, 6.07) is 7.00. The van der Waals surface area contributed by atoms with Gasteiger partial charge in [-0.15, -0.1) is 0 Å². The molecule has 4 aromatic rings. The predicted octanol–water partition coefficient (Wildman–Crippen LogP) is 3.28. The summed E-state index contributed by atoms with van der Waals surface area (Å²) in [6.07, 6.45) is -6.50. The van der Waals surface area contributed by atoms with Crippen LogP contribution in [0.15, 0.2) is 46.1 Å². The molecule has 36 heavy (non-hydrogen) atoms. The number of aromatic nitrogens is 5. The summed E-state index contributed by atoms with van der Waals surface area (Å²) in [5.74, 6) is 0.192. The molecule has 0 bridgehead atoms. The number of nitrogens with zero attached hydrogens (tertiary/aromatic N) is 4. The third-order valence-electron chi connectivity index (χ3n) is 5.35. The average molecular weight is 528 g/mol. The second-order valence-electron chi connectivity index (χ2n) is 7.78. The number of hydrogen-bond donors (Lipinski definition) is 2. The van der Waals surface area contributed by atoms with Gasteiger partial charge in [0.15, 0.2) is 11.2 Å². The number of aromatic amines is 1. The van der Waals surface area contributed by atoms with Crippen molar-refractivity contribution in [1.82, 2.24) is 24.1 Å². The Morgan fingerprint density at radius 2 is 1.86 bits per heavy atom. The summed E-state index contributed by atoms with van der Waals surface area (Å²) in [7, 11) is 1.47.